The summed E-state index contributed by atoms with van der Waals surface area (Å²) in [5.74, 6) is 0.355. The lowest BCUT2D eigenvalue weighted by molar-refractivity contribution is -0.139. The molecule has 2 aromatic carbocycles. The Balaban J connectivity index is 2.01. The molecule has 166 valence electrons. The molecule has 2 atom stereocenters. The molecule has 31 heavy (non-hydrogen) atoms. The maximum absolute atomic E-state index is 13.3. The van der Waals surface area contributed by atoms with Crippen LogP contribution >= 0.6 is 0 Å². The topological polar surface area (TPSA) is 88.1 Å². The molecule has 0 saturated heterocycles. The number of carbonyl (C=O) groups excluding carboxylic acids is 1. The first-order valence-corrected chi connectivity index (χ1v) is 10.4. The zero-order valence-corrected chi connectivity index (χ0v) is 18.4. The average Bonchev–Trinajstić information content (AvgIpc) is 2.76. The summed E-state index contributed by atoms with van der Waals surface area (Å²) in [6.07, 6.45) is 1.00. The average molecular weight is 427 g/mol. The number of hydrogen-bond acceptors (Lipinski definition) is 4. The van der Waals surface area contributed by atoms with E-state index in [0.29, 0.717) is 30.9 Å². The summed E-state index contributed by atoms with van der Waals surface area (Å²) in [5.41, 5.74) is 2.97. The normalized spacial score (nSPS) is 16.4. The van der Waals surface area contributed by atoms with Crippen LogP contribution in [-0.2, 0) is 11.2 Å². The Morgan fingerprint density at radius 2 is 1.77 bits per heavy atom. The Morgan fingerprint density at radius 3 is 2.35 bits per heavy atom. The van der Waals surface area contributed by atoms with E-state index >= 15 is 0 Å². The minimum Gasteiger partial charge on any atom is -0.493 e. The van der Waals surface area contributed by atoms with Gasteiger partial charge in [0.2, 0.25) is 0 Å². The van der Waals surface area contributed by atoms with Crippen LogP contribution in [0.5, 0.6) is 11.5 Å². The molecule has 0 fully saturated rings. The number of nitrogens with zero attached hydrogens (tertiary/aromatic N) is 1. The van der Waals surface area contributed by atoms with E-state index < -0.39 is 12.0 Å². The first-order chi connectivity index (χ1) is 14.8. The molecule has 1 unspecified atom stereocenters. The lowest BCUT2D eigenvalue weighted by Crippen LogP contribution is -2.51. The van der Waals surface area contributed by atoms with E-state index in [0.717, 1.165) is 16.7 Å². The van der Waals surface area contributed by atoms with Crippen molar-refractivity contribution in [2.24, 2.45) is 5.92 Å². The molecule has 1 heterocycles. The van der Waals surface area contributed by atoms with Gasteiger partial charge in [-0.2, -0.15) is 0 Å². The number of amides is 2. The van der Waals surface area contributed by atoms with Gasteiger partial charge in [-0.3, -0.25) is 0 Å². The standard InChI is InChI=1S/C24H30N2O5/c1-15(2)12-19(23(27)28)25-24(29)26-11-10-17-13-20(30-3)21(31-4)14-18(17)22(26)16-8-6-5-7-9-16/h5-9,13-15,19,22H,10-12H2,1-4H3,(H,25,29)(H,27,28)/t19-,22?/m0/s1. The second kappa shape index (κ2) is 9.73. The Morgan fingerprint density at radius 1 is 1.13 bits per heavy atom. The third kappa shape index (κ3) is 4.93. The molecule has 0 spiro atoms. The smallest absolute Gasteiger partial charge is 0.326 e. The largest absolute Gasteiger partial charge is 0.493 e. The van der Waals surface area contributed by atoms with Crippen LogP contribution < -0.4 is 14.8 Å². The highest BCUT2D eigenvalue weighted by Gasteiger charge is 2.35. The predicted octanol–water partition coefficient (Wildman–Crippen LogP) is 3.86. The number of rotatable bonds is 7. The van der Waals surface area contributed by atoms with Gasteiger partial charge in [-0.15, -0.1) is 0 Å². The minimum atomic E-state index is -1.03. The van der Waals surface area contributed by atoms with Crippen molar-refractivity contribution < 1.29 is 24.2 Å². The monoisotopic (exact) mass is 426 g/mol. The van der Waals surface area contributed by atoms with Gasteiger partial charge in [0, 0.05) is 6.54 Å². The Labute approximate surface area is 183 Å². The summed E-state index contributed by atoms with van der Waals surface area (Å²) >= 11 is 0. The first-order valence-electron chi connectivity index (χ1n) is 10.4. The molecule has 7 heteroatoms. The van der Waals surface area contributed by atoms with Crippen LogP contribution in [0.3, 0.4) is 0 Å². The summed E-state index contributed by atoms with van der Waals surface area (Å²) in [6.45, 7) is 4.33. The lowest BCUT2D eigenvalue weighted by atomic mass is 9.88. The highest BCUT2D eigenvalue weighted by molar-refractivity contribution is 5.83. The molecule has 0 aliphatic carbocycles. The van der Waals surface area contributed by atoms with Gasteiger partial charge in [-0.25, -0.2) is 9.59 Å². The minimum absolute atomic E-state index is 0.144. The van der Waals surface area contributed by atoms with Crippen molar-refractivity contribution in [2.75, 3.05) is 20.8 Å². The van der Waals surface area contributed by atoms with Crippen LogP contribution in [-0.4, -0.2) is 48.8 Å². The number of ether oxygens (including phenoxy) is 2. The zero-order valence-electron chi connectivity index (χ0n) is 18.4. The van der Waals surface area contributed by atoms with Crippen LogP contribution in [0, 0.1) is 5.92 Å². The zero-order chi connectivity index (χ0) is 22.5. The van der Waals surface area contributed by atoms with E-state index in [1.54, 1.807) is 19.1 Å². The van der Waals surface area contributed by atoms with Crippen molar-refractivity contribution >= 4 is 12.0 Å². The molecule has 2 N–H and O–H groups in total. The van der Waals surface area contributed by atoms with Crippen molar-refractivity contribution in [3.63, 3.8) is 0 Å². The van der Waals surface area contributed by atoms with Gasteiger partial charge in [0.15, 0.2) is 11.5 Å². The first kappa shape index (κ1) is 22.5. The Bertz CT molecular complexity index is 929. The van der Waals surface area contributed by atoms with E-state index in [1.165, 1.54) is 0 Å². The summed E-state index contributed by atoms with van der Waals surface area (Å²) in [7, 11) is 3.18. The van der Waals surface area contributed by atoms with Gasteiger partial charge in [-0.05, 0) is 47.6 Å². The summed E-state index contributed by atoms with van der Waals surface area (Å²) in [5, 5.41) is 12.3. The molecular weight excluding hydrogens is 396 g/mol. The van der Waals surface area contributed by atoms with E-state index in [4.69, 9.17) is 9.47 Å². The van der Waals surface area contributed by atoms with Gasteiger partial charge in [0.05, 0.1) is 20.3 Å². The van der Waals surface area contributed by atoms with E-state index in [2.05, 4.69) is 5.32 Å². The molecule has 0 radical (unpaired) electrons. The molecule has 3 rings (SSSR count). The molecular formula is C24H30N2O5. The predicted molar refractivity (Wildman–Crippen MR) is 118 cm³/mol. The van der Waals surface area contributed by atoms with Crippen LogP contribution in [0.15, 0.2) is 42.5 Å². The SMILES string of the molecule is COc1cc2c(cc1OC)C(c1ccccc1)N(C(=O)N[C@@H](CC(C)C)C(=O)O)CC2. The van der Waals surface area contributed by atoms with E-state index in [1.807, 2.05) is 56.3 Å². The Kier molecular flexibility index (Phi) is 7.05. The van der Waals surface area contributed by atoms with E-state index in [-0.39, 0.29) is 18.0 Å². The number of urea groups is 1. The van der Waals surface area contributed by atoms with Crippen LogP contribution in [0.1, 0.15) is 43.0 Å². The quantitative estimate of drug-likeness (QED) is 0.702. The molecule has 0 aromatic heterocycles. The number of nitrogens with one attached hydrogen (secondary N) is 1. The van der Waals surface area contributed by atoms with Gasteiger partial charge in [0.25, 0.3) is 0 Å². The third-order valence-electron chi connectivity index (χ3n) is 5.55. The Hall–Kier alpha value is -3.22. The van der Waals surface area contributed by atoms with Crippen molar-refractivity contribution in [1.29, 1.82) is 0 Å². The number of fused-ring (bicyclic) bond motifs is 1. The lowest BCUT2D eigenvalue weighted by Gasteiger charge is -2.38. The molecule has 2 aromatic rings. The fourth-order valence-corrected chi connectivity index (χ4v) is 4.08. The second-order valence-electron chi connectivity index (χ2n) is 8.13. The number of hydrogen-bond donors (Lipinski definition) is 2. The number of benzene rings is 2. The fourth-order valence-electron chi connectivity index (χ4n) is 4.08. The summed E-state index contributed by atoms with van der Waals surface area (Å²) in [6, 6.07) is 11.9. The highest BCUT2D eigenvalue weighted by Crippen LogP contribution is 2.41. The molecule has 1 aliphatic rings. The van der Waals surface area contributed by atoms with E-state index in [9.17, 15) is 14.7 Å². The second-order valence-corrected chi connectivity index (χ2v) is 8.13. The molecule has 7 nitrogen and oxygen atoms in total. The molecule has 0 bridgehead atoms. The van der Waals surface area contributed by atoms with Crippen LogP contribution in [0.2, 0.25) is 0 Å². The molecule has 0 saturated carbocycles. The number of aliphatic carboxylic acids is 1. The summed E-state index contributed by atoms with van der Waals surface area (Å²) < 4.78 is 11.0. The maximum Gasteiger partial charge on any atom is 0.326 e. The van der Waals surface area contributed by atoms with Gasteiger partial charge >= 0.3 is 12.0 Å². The van der Waals surface area contributed by atoms with Crippen molar-refractivity contribution in [3.8, 4) is 11.5 Å². The van der Waals surface area contributed by atoms with Gasteiger partial charge < -0.3 is 24.8 Å². The van der Waals surface area contributed by atoms with Gasteiger partial charge in [0.1, 0.15) is 6.04 Å². The fraction of sp³-hybridized carbons (Fsp3) is 0.417. The maximum atomic E-state index is 13.3. The number of carboxylic acids is 1. The van der Waals surface area contributed by atoms with Crippen molar-refractivity contribution in [2.45, 2.75) is 38.8 Å². The van der Waals surface area contributed by atoms with Crippen molar-refractivity contribution in [1.82, 2.24) is 10.2 Å². The number of carboxylic acid groups (broad SMARTS) is 1. The van der Waals surface area contributed by atoms with Crippen LogP contribution in [0.25, 0.3) is 0 Å². The third-order valence-corrected chi connectivity index (χ3v) is 5.55. The van der Waals surface area contributed by atoms with Gasteiger partial charge in [-0.1, -0.05) is 44.2 Å². The highest BCUT2D eigenvalue weighted by atomic mass is 16.5. The summed E-state index contributed by atoms with van der Waals surface area (Å²) in [4.78, 5) is 26.7. The van der Waals surface area contributed by atoms with Crippen LogP contribution in [0.4, 0.5) is 4.79 Å². The van der Waals surface area contributed by atoms with Crippen molar-refractivity contribution in [3.05, 3.63) is 59.2 Å². The molecule has 1 aliphatic heterocycles. The number of methoxy groups -OCH3 is 2. The molecule has 2 amide bonds. The number of carbonyl (C=O) groups is 2.